The highest BCUT2D eigenvalue weighted by atomic mass is 79.9. The number of sulfonamides is 1. The van der Waals surface area contributed by atoms with E-state index in [2.05, 4.69) is 15.9 Å². The van der Waals surface area contributed by atoms with Crippen molar-refractivity contribution in [1.29, 1.82) is 0 Å². The molecule has 1 aliphatic heterocycles. The quantitative estimate of drug-likeness (QED) is 0.858. The third-order valence-corrected chi connectivity index (χ3v) is 8.05. The first kappa shape index (κ1) is 15.0. The number of hydrogen-bond acceptors (Lipinski definition) is 4. The lowest BCUT2D eigenvalue weighted by molar-refractivity contribution is 0.588. The number of nitrogens with zero attached hydrogens (tertiary/aromatic N) is 1. The van der Waals surface area contributed by atoms with Crippen molar-refractivity contribution < 1.29 is 8.42 Å². The zero-order chi connectivity index (χ0) is 15.0. The molecule has 0 bridgehead atoms. The molecule has 0 amide bonds. The largest absolute Gasteiger partial charge is 0.324 e. The van der Waals surface area contributed by atoms with E-state index in [1.54, 1.807) is 11.4 Å². The van der Waals surface area contributed by atoms with E-state index >= 15 is 0 Å². The van der Waals surface area contributed by atoms with Crippen molar-refractivity contribution in [2.24, 2.45) is 5.73 Å². The van der Waals surface area contributed by atoms with Crippen LogP contribution < -0.4 is 10.0 Å². The van der Waals surface area contributed by atoms with Gasteiger partial charge in [-0.05, 0) is 51.8 Å². The Morgan fingerprint density at radius 3 is 2.76 bits per heavy atom. The molecule has 1 aromatic heterocycles. The van der Waals surface area contributed by atoms with Gasteiger partial charge in [-0.2, -0.15) is 0 Å². The van der Waals surface area contributed by atoms with Gasteiger partial charge in [-0.1, -0.05) is 18.2 Å². The summed E-state index contributed by atoms with van der Waals surface area (Å²) in [5, 5.41) is 1.77. The van der Waals surface area contributed by atoms with Gasteiger partial charge < -0.3 is 5.73 Å². The first-order valence-electron chi connectivity index (χ1n) is 6.62. The SMILES string of the molecule is NC1CCCN(S(=O)(=O)c2sccc2Br)c2ccccc21. The Bertz CT molecular complexity index is 758. The summed E-state index contributed by atoms with van der Waals surface area (Å²) in [5.74, 6) is 0. The van der Waals surface area contributed by atoms with Crippen LogP contribution in [0.1, 0.15) is 24.4 Å². The number of hydrogen-bond donors (Lipinski definition) is 1. The van der Waals surface area contributed by atoms with Crippen molar-refractivity contribution >= 4 is 43.0 Å². The predicted octanol–water partition coefficient (Wildman–Crippen LogP) is 3.50. The zero-order valence-electron chi connectivity index (χ0n) is 11.2. The number of fused-ring (bicyclic) bond motifs is 1. The van der Waals surface area contributed by atoms with Gasteiger partial charge in [-0.15, -0.1) is 11.3 Å². The fourth-order valence-corrected chi connectivity index (χ4v) is 6.51. The second-order valence-corrected chi connectivity index (χ2v) is 8.77. The molecule has 3 rings (SSSR count). The van der Waals surface area contributed by atoms with Gasteiger partial charge >= 0.3 is 0 Å². The van der Waals surface area contributed by atoms with Crippen LogP contribution in [0.2, 0.25) is 0 Å². The second-order valence-electron chi connectivity index (χ2n) is 4.94. The molecule has 112 valence electrons. The minimum absolute atomic E-state index is 0.117. The Morgan fingerprint density at radius 1 is 1.29 bits per heavy atom. The number of nitrogens with two attached hydrogens (primary N) is 1. The second kappa shape index (κ2) is 5.72. The van der Waals surface area contributed by atoms with E-state index in [-0.39, 0.29) is 6.04 Å². The van der Waals surface area contributed by atoms with Gasteiger partial charge in [0, 0.05) is 17.1 Å². The average Bonchev–Trinajstić information content (AvgIpc) is 2.82. The maximum atomic E-state index is 13.0. The Balaban J connectivity index is 2.14. The molecule has 1 aromatic carbocycles. The Kier molecular flexibility index (Phi) is 4.09. The molecule has 1 aliphatic rings. The number of thiophene rings is 1. The summed E-state index contributed by atoms with van der Waals surface area (Å²) in [7, 11) is -3.56. The minimum atomic E-state index is -3.56. The summed E-state index contributed by atoms with van der Waals surface area (Å²) < 4.78 is 28.4. The molecule has 0 fully saturated rings. The molecule has 2 N–H and O–H groups in total. The van der Waals surface area contributed by atoms with Crippen LogP contribution in [-0.4, -0.2) is 15.0 Å². The predicted molar refractivity (Wildman–Crippen MR) is 89.2 cm³/mol. The van der Waals surface area contributed by atoms with Crippen molar-refractivity contribution in [3.05, 3.63) is 45.7 Å². The highest BCUT2D eigenvalue weighted by Crippen LogP contribution is 2.37. The highest BCUT2D eigenvalue weighted by Gasteiger charge is 2.32. The molecule has 7 heteroatoms. The van der Waals surface area contributed by atoms with E-state index in [1.807, 2.05) is 24.3 Å². The van der Waals surface area contributed by atoms with E-state index in [4.69, 9.17) is 5.73 Å². The highest BCUT2D eigenvalue weighted by molar-refractivity contribution is 9.10. The van der Waals surface area contributed by atoms with E-state index in [0.717, 1.165) is 18.4 Å². The van der Waals surface area contributed by atoms with Crippen molar-refractivity contribution in [1.82, 2.24) is 0 Å². The van der Waals surface area contributed by atoms with Crippen LogP contribution in [-0.2, 0) is 10.0 Å². The molecule has 0 saturated heterocycles. The smallest absolute Gasteiger partial charge is 0.274 e. The molecule has 0 saturated carbocycles. The van der Waals surface area contributed by atoms with Crippen LogP contribution in [0.25, 0.3) is 0 Å². The van der Waals surface area contributed by atoms with Crippen molar-refractivity contribution in [2.75, 3.05) is 10.8 Å². The minimum Gasteiger partial charge on any atom is -0.324 e. The van der Waals surface area contributed by atoms with E-state index in [0.29, 0.717) is 20.9 Å². The molecular weight excluding hydrogens is 372 g/mol. The normalized spacial score (nSPS) is 19.1. The van der Waals surface area contributed by atoms with Crippen molar-refractivity contribution in [3.63, 3.8) is 0 Å². The Morgan fingerprint density at radius 2 is 2.05 bits per heavy atom. The summed E-state index contributed by atoms with van der Waals surface area (Å²) in [6, 6.07) is 9.14. The van der Waals surface area contributed by atoms with Crippen LogP contribution in [0.15, 0.2) is 44.4 Å². The monoisotopic (exact) mass is 386 g/mol. The lowest BCUT2D eigenvalue weighted by Crippen LogP contribution is -2.31. The number of rotatable bonds is 2. The lowest BCUT2D eigenvalue weighted by Gasteiger charge is -2.24. The molecule has 1 unspecified atom stereocenters. The fraction of sp³-hybridized carbons (Fsp3) is 0.286. The Hall–Kier alpha value is -0.890. The van der Waals surface area contributed by atoms with E-state index in [9.17, 15) is 8.42 Å². The average molecular weight is 387 g/mol. The maximum Gasteiger partial charge on any atom is 0.274 e. The molecular formula is C14H15BrN2O2S2. The first-order valence-corrected chi connectivity index (χ1v) is 9.73. The zero-order valence-corrected chi connectivity index (χ0v) is 14.4. The number of benzene rings is 1. The van der Waals surface area contributed by atoms with E-state index in [1.165, 1.54) is 15.6 Å². The van der Waals surface area contributed by atoms with Crippen LogP contribution in [0.4, 0.5) is 5.69 Å². The molecule has 4 nitrogen and oxygen atoms in total. The fourth-order valence-electron chi connectivity index (χ4n) is 2.57. The Labute approximate surface area is 136 Å². The van der Waals surface area contributed by atoms with Crippen LogP contribution in [0.5, 0.6) is 0 Å². The topological polar surface area (TPSA) is 63.4 Å². The summed E-state index contributed by atoms with van der Waals surface area (Å²) in [6.45, 7) is 0.456. The van der Waals surface area contributed by atoms with E-state index < -0.39 is 10.0 Å². The molecule has 0 spiro atoms. The maximum absolute atomic E-state index is 13.0. The van der Waals surface area contributed by atoms with Crippen LogP contribution in [0, 0.1) is 0 Å². The lowest BCUT2D eigenvalue weighted by atomic mass is 10.0. The first-order chi connectivity index (χ1) is 10.0. The standard InChI is InChI=1S/C14H15BrN2O2S2/c15-11-7-9-20-14(11)21(18,19)17-8-3-5-12(16)10-4-1-2-6-13(10)17/h1-2,4,6-7,9,12H,3,5,8,16H2. The van der Waals surface area contributed by atoms with Crippen molar-refractivity contribution in [3.8, 4) is 0 Å². The van der Waals surface area contributed by atoms with Gasteiger partial charge in [0.2, 0.25) is 0 Å². The van der Waals surface area contributed by atoms with Gasteiger partial charge in [0.25, 0.3) is 10.0 Å². The van der Waals surface area contributed by atoms with Crippen LogP contribution in [0.3, 0.4) is 0 Å². The summed E-state index contributed by atoms with van der Waals surface area (Å²) in [4.78, 5) is 0. The van der Waals surface area contributed by atoms with Gasteiger partial charge in [0.05, 0.1) is 5.69 Å². The van der Waals surface area contributed by atoms with Crippen molar-refractivity contribution in [2.45, 2.75) is 23.1 Å². The van der Waals surface area contributed by atoms with Gasteiger partial charge in [0.1, 0.15) is 0 Å². The number of para-hydroxylation sites is 1. The summed E-state index contributed by atoms with van der Waals surface area (Å²) in [5.41, 5.74) is 7.76. The van der Waals surface area contributed by atoms with Gasteiger partial charge in [-0.3, -0.25) is 4.31 Å². The molecule has 0 radical (unpaired) electrons. The van der Waals surface area contributed by atoms with Gasteiger partial charge in [0.15, 0.2) is 4.21 Å². The molecule has 0 aliphatic carbocycles. The van der Waals surface area contributed by atoms with Crippen LogP contribution >= 0.6 is 27.3 Å². The third kappa shape index (κ3) is 2.63. The van der Waals surface area contributed by atoms with Gasteiger partial charge in [-0.25, -0.2) is 8.42 Å². The third-order valence-electron chi connectivity index (χ3n) is 3.59. The number of anilines is 1. The molecule has 1 atom stereocenters. The summed E-state index contributed by atoms with van der Waals surface area (Å²) >= 11 is 4.54. The molecule has 21 heavy (non-hydrogen) atoms. The molecule has 2 heterocycles. The molecule has 2 aromatic rings. The number of halogens is 1. The summed E-state index contributed by atoms with van der Waals surface area (Å²) in [6.07, 6.45) is 1.53.